The van der Waals surface area contributed by atoms with E-state index in [2.05, 4.69) is 10.3 Å². The molecule has 9 nitrogen and oxygen atoms in total. The molecule has 0 aliphatic heterocycles. The smallest absolute Gasteiger partial charge is 0.311 e. The van der Waals surface area contributed by atoms with Crippen molar-refractivity contribution < 1.29 is 24.3 Å². The quantitative estimate of drug-likeness (QED) is 0.222. The summed E-state index contributed by atoms with van der Waals surface area (Å²) in [6.45, 7) is -0.162. The highest BCUT2D eigenvalue weighted by Gasteiger charge is 2.15. The molecule has 2 N–H and O–H groups in total. The number of nitrogens with zero attached hydrogens (tertiary/aromatic N) is 2. The molecule has 0 saturated carbocycles. The first-order valence-electron chi connectivity index (χ1n) is 9.51. The Labute approximate surface area is 184 Å². The van der Waals surface area contributed by atoms with Crippen LogP contribution in [0.2, 0.25) is 0 Å². The van der Waals surface area contributed by atoms with Crippen LogP contribution in [0.25, 0.3) is 6.08 Å². The third-order valence-corrected chi connectivity index (χ3v) is 4.62. The number of nitrogens with one attached hydrogen (secondary N) is 1. The number of aliphatic hydroxyl groups excluding tert-OH is 1. The molecule has 1 aromatic heterocycles. The first-order chi connectivity index (χ1) is 15.5. The van der Waals surface area contributed by atoms with Crippen molar-refractivity contribution in [3.8, 4) is 11.5 Å². The summed E-state index contributed by atoms with van der Waals surface area (Å²) in [5.74, 6) is 0.641. The van der Waals surface area contributed by atoms with E-state index < -0.39 is 4.92 Å². The van der Waals surface area contributed by atoms with Crippen LogP contribution in [-0.4, -0.2) is 35.0 Å². The van der Waals surface area contributed by atoms with E-state index in [9.17, 15) is 20.0 Å². The Morgan fingerprint density at radius 3 is 2.62 bits per heavy atom. The van der Waals surface area contributed by atoms with Crippen LogP contribution in [-0.2, 0) is 6.61 Å². The maximum atomic E-state index is 12.8. The fraction of sp³-hybridized carbons (Fsp3) is 0.130. The predicted molar refractivity (Wildman–Crippen MR) is 119 cm³/mol. The van der Waals surface area contributed by atoms with Crippen molar-refractivity contribution in [3.05, 3.63) is 87.6 Å². The molecule has 0 unspecified atom stereocenters. The van der Waals surface area contributed by atoms with Crippen LogP contribution in [0.15, 0.2) is 60.8 Å². The Hall–Kier alpha value is -4.24. The maximum absolute atomic E-state index is 12.8. The summed E-state index contributed by atoms with van der Waals surface area (Å²) in [5.41, 5.74) is 1.87. The minimum absolute atomic E-state index is 0.139. The van der Waals surface area contributed by atoms with Gasteiger partial charge in [-0.3, -0.25) is 14.9 Å². The zero-order chi connectivity index (χ0) is 23.1. The SMILES string of the molecule is COc1cc(Nc2ncccc2C(=O)C=Cc2ccc(OC)c([N+](=O)[O-])c2)ccc1CO. The van der Waals surface area contributed by atoms with Gasteiger partial charge in [-0.05, 0) is 35.9 Å². The molecule has 0 aliphatic carbocycles. The highest BCUT2D eigenvalue weighted by Crippen LogP contribution is 2.29. The Bertz CT molecular complexity index is 1180. The topological polar surface area (TPSA) is 124 Å². The zero-order valence-corrected chi connectivity index (χ0v) is 17.4. The number of ketones is 1. The van der Waals surface area contributed by atoms with Crippen molar-refractivity contribution in [2.24, 2.45) is 0 Å². The largest absolute Gasteiger partial charge is 0.496 e. The number of hydrogen-bond donors (Lipinski definition) is 2. The van der Waals surface area contributed by atoms with Gasteiger partial charge < -0.3 is 19.9 Å². The molecule has 2 aromatic carbocycles. The summed E-state index contributed by atoms with van der Waals surface area (Å²) >= 11 is 0. The van der Waals surface area contributed by atoms with Gasteiger partial charge in [0.25, 0.3) is 0 Å². The molecule has 0 saturated heterocycles. The lowest BCUT2D eigenvalue weighted by Gasteiger charge is -2.12. The molecule has 3 rings (SSSR count). The number of carbonyl (C=O) groups is 1. The van der Waals surface area contributed by atoms with Gasteiger partial charge in [0.1, 0.15) is 11.6 Å². The average Bonchev–Trinajstić information content (AvgIpc) is 2.82. The molecule has 0 aliphatic rings. The van der Waals surface area contributed by atoms with E-state index in [-0.39, 0.29) is 23.8 Å². The van der Waals surface area contributed by atoms with Gasteiger partial charge in [-0.15, -0.1) is 0 Å². The first kappa shape index (κ1) is 22.4. The summed E-state index contributed by atoms with van der Waals surface area (Å²) in [6, 6.07) is 12.8. The van der Waals surface area contributed by atoms with Crippen LogP contribution in [0.5, 0.6) is 11.5 Å². The van der Waals surface area contributed by atoms with E-state index in [1.807, 2.05) is 0 Å². The summed E-state index contributed by atoms with van der Waals surface area (Å²) in [6.07, 6.45) is 4.36. The van der Waals surface area contributed by atoms with Crippen molar-refractivity contribution in [2.45, 2.75) is 6.61 Å². The standard InChI is InChI=1S/C23H21N3O6/c1-31-21-10-6-15(12-19(21)26(29)30)5-9-20(28)18-4-3-11-24-23(18)25-17-8-7-16(14-27)22(13-17)32-2/h3-13,27H,14H2,1-2H3,(H,24,25). The fourth-order valence-electron chi connectivity index (χ4n) is 3.01. The Balaban J connectivity index is 1.85. The molecule has 3 aromatic rings. The number of aliphatic hydroxyl groups is 1. The summed E-state index contributed by atoms with van der Waals surface area (Å²) in [7, 11) is 2.85. The van der Waals surface area contributed by atoms with Gasteiger partial charge in [-0.1, -0.05) is 18.2 Å². The minimum Gasteiger partial charge on any atom is -0.496 e. The van der Waals surface area contributed by atoms with E-state index >= 15 is 0 Å². The van der Waals surface area contributed by atoms with Crippen molar-refractivity contribution in [1.82, 2.24) is 4.98 Å². The molecule has 32 heavy (non-hydrogen) atoms. The number of carbonyl (C=O) groups excluding carboxylic acids is 1. The molecule has 0 atom stereocenters. The van der Waals surface area contributed by atoms with E-state index in [1.54, 1.807) is 42.6 Å². The monoisotopic (exact) mass is 435 g/mol. The van der Waals surface area contributed by atoms with Crippen molar-refractivity contribution >= 4 is 29.1 Å². The molecular formula is C23H21N3O6. The molecule has 0 amide bonds. The van der Waals surface area contributed by atoms with Gasteiger partial charge in [0.05, 0.1) is 31.3 Å². The predicted octanol–water partition coefficient (Wildman–Crippen LogP) is 4.14. The van der Waals surface area contributed by atoms with Crippen LogP contribution < -0.4 is 14.8 Å². The van der Waals surface area contributed by atoms with Gasteiger partial charge >= 0.3 is 5.69 Å². The second-order valence-corrected chi connectivity index (χ2v) is 6.60. The van der Waals surface area contributed by atoms with Crippen molar-refractivity contribution in [3.63, 3.8) is 0 Å². The lowest BCUT2D eigenvalue weighted by Crippen LogP contribution is -2.04. The van der Waals surface area contributed by atoms with Crippen LogP contribution >= 0.6 is 0 Å². The lowest BCUT2D eigenvalue weighted by atomic mass is 10.1. The highest BCUT2D eigenvalue weighted by atomic mass is 16.6. The summed E-state index contributed by atoms with van der Waals surface area (Å²) in [4.78, 5) is 27.7. The van der Waals surface area contributed by atoms with Crippen molar-refractivity contribution in [2.75, 3.05) is 19.5 Å². The third-order valence-electron chi connectivity index (χ3n) is 4.62. The maximum Gasteiger partial charge on any atom is 0.311 e. The van der Waals surface area contributed by atoms with E-state index in [0.29, 0.717) is 33.9 Å². The van der Waals surface area contributed by atoms with Gasteiger partial charge in [0.15, 0.2) is 11.5 Å². The van der Waals surface area contributed by atoms with E-state index in [4.69, 9.17) is 9.47 Å². The minimum atomic E-state index is -0.544. The zero-order valence-electron chi connectivity index (χ0n) is 17.4. The van der Waals surface area contributed by atoms with Crippen LogP contribution in [0.1, 0.15) is 21.5 Å². The lowest BCUT2D eigenvalue weighted by molar-refractivity contribution is -0.385. The van der Waals surface area contributed by atoms with Gasteiger partial charge in [-0.25, -0.2) is 4.98 Å². The molecular weight excluding hydrogens is 414 g/mol. The van der Waals surface area contributed by atoms with Gasteiger partial charge in [0, 0.05) is 29.6 Å². The summed E-state index contributed by atoms with van der Waals surface area (Å²) in [5, 5.41) is 23.6. The van der Waals surface area contributed by atoms with Gasteiger partial charge in [0.2, 0.25) is 0 Å². The number of nitro benzene ring substituents is 1. The number of rotatable bonds is 9. The first-order valence-corrected chi connectivity index (χ1v) is 9.51. The Morgan fingerprint density at radius 2 is 1.94 bits per heavy atom. The molecule has 164 valence electrons. The molecule has 0 bridgehead atoms. The number of benzene rings is 2. The molecule has 0 radical (unpaired) electrons. The molecule has 0 fully saturated rings. The summed E-state index contributed by atoms with van der Waals surface area (Å²) < 4.78 is 10.3. The normalized spacial score (nSPS) is 10.7. The number of allylic oxidation sites excluding steroid dienone is 1. The number of nitro groups is 1. The fourth-order valence-corrected chi connectivity index (χ4v) is 3.01. The van der Waals surface area contributed by atoms with Crippen LogP contribution in [0.4, 0.5) is 17.2 Å². The van der Waals surface area contributed by atoms with Crippen LogP contribution in [0, 0.1) is 10.1 Å². The second kappa shape index (κ2) is 10.2. The highest BCUT2D eigenvalue weighted by molar-refractivity contribution is 6.10. The molecule has 0 spiro atoms. The Morgan fingerprint density at radius 1 is 1.16 bits per heavy atom. The molecule has 9 heteroatoms. The number of pyridine rings is 1. The third kappa shape index (κ3) is 5.08. The van der Waals surface area contributed by atoms with Crippen molar-refractivity contribution in [1.29, 1.82) is 0 Å². The number of ether oxygens (including phenoxy) is 2. The molecule has 1 heterocycles. The number of anilines is 2. The Kier molecular flexibility index (Phi) is 7.14. The van der Waals surface area contributed by atoms with Gasteiger partial charge in [-0.2, -0.15) is 0 Å². The van der Waals surface area contributed by atoms with E-state index in [1.165, 1.54) is 38.5 Å². The number of methoxy groups -OCH3 is 2. The van der Waals surface area contributed by atoms with Crippen LogP contribution in [0.3, 0.4) is 0 Å². The average molecular weight is 435 g/mol. The number of aromatic nitrogens is 1. The second-order valence-electron chi connectivity index (χ2n) is 6.60. The number of hydrogen-bond acceptors (Lipinski definition) is 8. The van der Waals surface area contributed by atoms with E-state index in [0.717, 1.165) is 0 Å².